The number of aromatic hydroxyl groups is 2. The number of benzene rings is 2. The molecule has 7 heteroatoms. The van der Waals surface area contributed by atoms with E-state index in [1.807, 2.05) is 16.5 Å². The lowest BCUT2D eigenvalue weighted by molar-refractivity contribution is 0.404. The summed E-state index contributed by atoms with van der Waals surface area (Å²) in [7, 11) is 1.78. The molecule has 7 nitrogen and oxygen atoms in total. The van der Waals surface area contributed by atoms with Crippen LogP contribution in [0.5, 0.6) is 11.5 Å². The Bertz CT molecular complexity index is 1090. The molecule has 0 spiro atoms. The van der Waals surface area contributed by atoms with E-state index in [1.54, 1.807) is 25.4 Å². The van der Waals surface area contributed by atoms with Gasteiger partial charge in [-0.05, 0) is 36.4 Å². The van der Waals surface area contributed by atoms with Crippen LogP contribution >= 0.6 is 0 Å². The minimum absolute atomic E-state index is 0.167. The number of phenols is 2. The summed E-state index contributed by atoms with van der Waals surface area (Å²) in [5.41, 5.74) is 10.3. The summed E-state index contributed by atoms with van der Waals surface area (Å²) < 4.78 is 1.93. The number of aromatic nitrogens is 3. The molecule has 0 fully saturated rings. The van der Waals surface area contributed by atoms with Crippen molar-refractivity contribution in [3.05, 3.63) is 42.6 Å². The highest BCUT2D eigenvalue weighted by molar-refractivity contribution is 5.88. The second-order valence-corrected chi connectivity index (χ2v) is 5.46. The van der Waals surface area contributed by atoms with Crippen LogP contribution in [-0.4, -0.2) is 31.6 Å². The summed E-state index contributed by atoms with van der Waals surface area (Å²) in [6.07, 6.45) is 1.70. The molecule has 0 saturated carbocycles. The average Bonchev–Trinajstić information content (AvgIpc) is 3.02. The van der Waals surface area contributed by atoms with Crippen LogP contribution in [0.2, 0.25) is 0 Å². The zero-order valence-corrected chi connectivity index (χ0v) is 12.9. The van der Waals surface area contributed by atoms with Gasteiger partial charge in [-0.15, -0.1) is 0 Å². The number of imidazole rings is 1. The van der Waals surface area contributed by atoms with Crippen molar-refractivity contribution in [1.29, 1.82) is 0 Å². The standard InChI is InChI=1S/C17H15N5O2/c1-19-16-17-20-8-13(9-2-5-14(23)15(24)6-9)22(17)12-7-10(18)3-4-11(12)21-16/h2-8,23-24H,18H2,1H3,(H,19,21). The third-order valence-electron chi connectivity index (χ3n) is 3.95. The summed E-state index contributed by atoms with van der Waals surface area (Å²) in [6, 6.07) is 10.1. The first-order valence-corrected chi connectivity index (χ1v) is 7.35. The maximum atomic E-state index is 9.80. The Morgan fingerprint density at radius 1 is 1.08 bits per heavy atom. The molecule has 0 saturated heterocycles. The van der Waals surface area contributed by atoms with Gasteiger partial charge in [-0.2, -0.15) is 0 Å². The van der Waals surface area contributed by atoms with E-state index in [2.05, 4.69) is 15.3 Å². The molecular weight excluding hydrogens is 306 g/mol. The number of anilines is 2. The van der Waals surface area contributed by atoms with Crippen LogP contribution in [0.4, 0.5) is 11.5 Å². The monoisotopic (exact) mass is 321 g/mol. The van der Waals surface area contributed by atoms with Gasteiger partial charge in [0.2, 0.25) is 0 Å². The highest BCUT2D eigenvalue weighted by atomic mass is 16.3. The topological polar surface area (TPSA) is 109 Å². The predicted octanol–water partition coefficient (Wildman–Crippen LogP) is 2.58. The molecule has 2 aromatic carbocycles. The lowest BCUT2D eigenvalue weighted by Crippen LogP contribution is -2.01. The van der Waals surface area contributed by atoms with Gasteiger partial charge in [-0.3, -0.25) is 4.40 Å². The van der Waals surface area contributed by atoms with Crippen molar-refractivity contribution < 1.29 is 10.2 Å². The molecule has 2 aromatic heterocycles. The van der Waals surface area contributed by atoms with Crippen molar-refractivity contribution in [3.8, 4) is 22.8 Å². The van der Waals surface area contributed by atoms with Gasteiger partial charge in [0.15, 0.2) is 23.0 Å². The normalized spacial score (nSPS) is 11.2. The Balaban J connectivity index is 2.13. The zero-order valence-electron chi connectivity index (χ0n) is 12.9. The molecule has 2 heterocycles. The maximum Gasteiger partial charge on any atom is 0.181 e. The van der Waals surface area contributed by atoms with Gasteiger partial charge in [-0.1, -0.05) is 0 Å². The van der Waals surface area contributed by atoms with Gasteiger partial charge in [-0.25, -0.2) is 9.97 Å². The number of nitrogens with zero attached hydrogens (tertiary/aromatic N) is 3. The van der Waals surface area contributed by atoms with Gasteiger partial charge in [0, 0.05) is 18.3 Å². The molecule has 4 rings (SSSR count). The van der Waals surface area contributed by atoms with E-state index in [0.717, 1.165) is 22.3 Å². The van der Waals surface area contributed by atoms with Crippen molar-refractivity contribution in [2.24, 2.45) is 0 Å². The van der Waals surface area contributed by atoms with E-state index in [4.69, 9.17) is 5.73 Å². The van der Waals surface area contributed by atoms with Crippen LogP contribution in [-0.2, 0) is 0 Å². The number of nitrogens with two attached hydrogens (primary N) is 1. The van der Waals surface area contributed by atoms with Crippen molar-refractivity contribution in [3.63, 3.8) is 0 Å². The minimum atomic E-state index is -0.186. The highest BCUT2D eigenvalue weighted by Gasteiger charge is 2.15. The first kappa shape index (κ1) is 14.1. The zero-order chi connectivity index (χ0) is 16.8. The highest BCUT2D eigenvalue weighted by Crippen LogP contribution is 2.33. The summed E-state index contributed by atoms with van der Waals surface area (Å²) in [6.45, 7) is 0. The third kappa shape index (κ3) is 1.98. The Morgan fingerprint density at radius 2 is 1.92 bits per heavy atom. The molecule has 0 bridgehead atoms. The molecule has 0 aliphatic heterocycles. The lowest BCUT2D eigenvalue weighted by Gasteiger charge is -2.10. The number of rotatable bonds is 2. The van der Waals surface area contributed by atoms with E-state index >= 15 is 0 Å². The van der Waals surface area contributed by atoms with Crippen LogP contribution in [0.25, 0.3) is 27.9 Å². The summed E-state index contributed by atoms with van der Waals surface area (Å²) in [5.74, 6) is 0.287. The summed E-state index contributed by atoms with van der Waals surface area (Å²) >= 11 is 0. The third-order valence-corrected chi connectivity index (χ3v) is 3.95. The number of hydrogen-bond acceptors (Lipinski definition) is 6. The van der Waals surface area contributed by atoms with Crippen LogP contribution < -0.4 is 11.1 Å². The fourth-order valence-corrected chi connectivity index (χ4v) is 2.80. The molecule has 24 heavy (non-hydrogen) atoms. The van der Waals surface area contributed by atoms with E-state index in [0.29, 0.717) is 17.2 Å². The maximum absolute atomic E-state index is 9.80. The molecule has 4 aromatic rings. The van der Waals surface area contributed by atoms with Gasteiger partial charge >= 0.3 is 0 Å². The summed E-state index contributed by atoms with van der Waals surface area (Å²) in [4.78, 5) is 9.01. The van der Waals surface area contributed by atoms with Crippen LogP contribution in [0.3, 0.4) is 0 Å². The van der Waals surface area contributed by atoms with E-state index in [9.17, 15) is 10.2 Å². The van der Waals surface area contributed by atoms with Crippen molar-refractivity contribution in [2.75, 3.05) is 18.1 Å². The SMILES string of the molecule is CNc1nc2ccc(N)cc2n2c(-c3ccc(O)c(O)c3)cnc12. The second-order valence-electron chi connectivity index (χ2n) is 5.46. The van der Waals surface area contributed by atoms with Crippen molar-refractivity contribution in [2.45, 2.75) is 0 Å². The molecule has 0 amide bonds. The second kappa shape index (κ2) is 5.02. The van der Waals surface area contributed by atoms with Crippen LogP contribution in [0, 0.1) is 0 Å². The quantitative estimate of drug-likeness (QED) is 0.334. The molecule has 0 aliphatic carbocycles. The number of phenolic OH excluding ortho intramolecular Hbond substituents is 2. The van der Waals surface area contributed by atoms with Gasteiger partial charge in [0.25, 0.3) is 0 Å². The van der Waals surface area contributed by atoms with Crippen LogP contribution in [0.15, 0.2) is 42.6 Å². The molecule has 0 unspecified atom stereocenters. The van der Waals surface area contributed by atoms with Gasteiger partial charge in [0.05, 0.1) is 22.9 Å². The number of nitrogens with one attached hydrogen (secondary N) is 1. The Hall–Kier alpha value is -3.48. The summed E-state index contributed by atoms with van der Waals surface area (Å²) in [5, 5.41) is 22.4. The smallest absolute Gasteiger partial charge is 0.181 e. The fourth-order valence-electron chi connectivity index (χ4n) is 2.80. The van der Waals surface area contributed by atoms with Gasteiger partial charge in [0.1, 0.15) is 0 Å². The lowest BCUT2D eigenvalue weighted by atomic mass is 10.1. The first-order chi connectivity index (χ1) is 11.6. The van der Waals surface area contributed by atoms with Gasteiger partial charge < -0.3 is 21.3 Å². The number of hydrogen-bond donors (Lipinski definition) is 4. The number of nitrogen functional groups attached to an aromatic ring is 1. The number of fused-ring (bicyclic) bond motifs is 3. The average molecular weight is 321 g/mol. The van der Waals surface area contributed by atoms with E-state index in [1.165, 1.54) is 12.1 Å². The molecular formula is C17H15N5O2. The van der Waals surface area contributed by atoms with Crippen molar-refractivity contribution >= 4 is 28.2 Å². The largest absolute Gasteiger partial charge is 0.504 e. The molecule has 0 aliphatic rings. The molecule has 0 radical (unpaired) electrons. The Labute approximate surface area is 137 Å². The van der Waals surface area contributed by atoms with Crippen LogP contribution in [0.1, 0.15) is 0 Å². The first-order valence-electron chi connectivity index (χ1n) is 7.35. The molecule has 120 valence electrons. The molecule has 0 atom stereocenters. The van der Waals surface area contributed by atoms with E-state index in [-0.39, 0.29) is 11.5 Å². The van der Waals surface area contributed by atoms with Crippen molar-refractivity contribution in [1.82, 2.24) is 14.4 Å². The predicted molar refractivity (Wildman–Crippen MR) is 93.2 cm³/mol. The minimum Gasteiger partial charge on any atom is -0.504 e. The Kier molecular flexibility index (Phi) is 2.96. The van der Waals surface area contributed by atoms with E-state index < -0.39 is 0 Å². The Morgan fingerprint density at radius 3 is 2.67 bits per heavy atom. The molecule has 5 N–H and O–H groups in total. The fraction of sp³-hybridized carbons (Fsp3) is 0.0588.